The van der Waals surface area contributed by atoms with Gasteiger partial charge in [-0.2, -0.15) is 10.5 Å². The van der Waals surface area contributed by atoms with Crippen molar-refractivity contribution < 1.29 is 9.13 Å². The summed E-state index contributed by atoms with van der Waals surface area (Å²) in [6, 6.07) is 12.5. The van der Waals surface area contributed by atoms with Gasteiger partial charge in [-0.15, -0.1) is 0 Å². The Bertz CT molecular complexity index is 1460. The van der Waals surface area contributed by atoms with Crippen molar-refractivity contribution in [2.75, 3.05) is 37.0 Å². The monoisotopic (exact) mass is 530 g/mol. The molecule has 3 heterocycles. The fourth-order valence-electron chi connectivity index (χ4n) is 5.37. The Labute approximate surface area is 228 Å². The predicted octanol–water partition coefficient (Wildman–Crippen LogP) is 5.03. The number of benzene rings is 1. The Hall–Kier alpha value is -3.95. The van der Waals surface area contributed by atoms with Crippen LogP contribution in [0.4, 0.5) is 15.8 Å². The van der Waals surface area contributed by atoms with E-state index < -0.39 is 0 Å². The Morgan fingerprint density at radius 2 is 1.92 bits per heavy atom. The van der Waals surface area contributed by atoms with E-state index in [0.717, 1.165) is 63.1 Å². The van der Waals surface area contributed by atoms with Gasteiger partial charge >= 0.3 is 0 Å². The number of nitrogens with zero attached hydrogens (tertiary/aromatic N) is 5. The number of aromatic nitrogens is 2. The third kappa shape index (κ3) is 6.38. The van der Waals surface area contributed by atoms with E-state index in [1.165, 1.54) is 17.1 Å². The van der Waals surface area contributed by atoms with Gasteiger partial charge in [-0.1, -0.05) is 19.3 Å². The van der Waals surface area contributed by atoms with E-state index in [1.54, 1.807) is 31.3 Å². The van der Waals surface area contributed by atoms with Crippen molar-refractivity contribution in [3.63, 3.8) is 0 Å². The van der Waals surface area contributed by atoms with Crippen molar-refractivity contribution in [3.8, 4) is 12.1 Å². The first-order valence-electron chi connectivity index (χ1n) is 13.5. The molecule has 3 aromatic rings. The highest BCUT2D eigenvalue weighted by atomic mass is 19.1. The van der Waals surface area contributed by atoms with E-state index in [9.17, 15) is 14.4 Å². The minimum absolute atomic E-state index is 0.0978. The normalized spacial score (nSPS) is 17.1. The van der Waals surface area contributed by atoms with Gasteiger partial charge in [0.15, 0.2) is 0 Å². The number of halogens is 1. The molecule has 5 rings (SSSR count). The zero-order valence-corrected chi connectivity index (χ0v) is 22.8. The summed E-state index contributed by atoms with van der Waals surface area (Å²) in [4.78, 5) is 19.0. The summed E-state index contributed by atoms with van der Waals surface area (Å²) in [5.74, 6) is 0.414. The summed E-state index contributed by atoms with van der Waals surface area (Å²) in [5.41, 5.74) is 3.76. The average Bonchev–Trinajstić information content (AvgIpc) is 3.48. The summed E-state index contributed by atoms with van der Waals surface area (Å²) in [5, 5.41) is 22.1. The van der Waals surface area contributed by atoms with Gasteiger partial charge in [-0.3, -0.25) is 4.79 Å². The van der Waals surface area contributed by atoms with E-state index in [2.05, 4.69) is 16.4 Å². The van der Waals surface area contributed by atoms with Crippen molar-refractivity contribution in [3.05, 3.63) is 63.3 Å². The van der Waals surface area contributed by atoms with Gasteiger partial charge in [-0.05, 0) is 62.1 Å². The van der Waals surface area contributed by atoms with Gasteiger partial charge in [0.05, 0.1) is 17.8 Å². The molecule has 1 aliphatic carbocycles. The highest BCUT2D eigenvalue weighted by molar-refractivity contribution is 5.92. The van der Waals surface area contributed by atoms with Crippen LogP contribution >= 0.6 is 0 Å². The summed E-state index contributed by atoms with van der Waals surface area (Å²) < 4.78 is 19.6. The highest BCUT2D eigenvalue weighted by Crippen LogP contribution is 2.32. The third-order valence-corrected chi connectivity index (χ3v) is 7.71. The Balaban J connectivity index is 0.000000202. The van der Waals surface area contributed by atoms with Crippen molar-refractivity contribution >= 4 is 22.4 Å². The maximum atomic E-state index is 12.8. The van der Waals surface area contributed by atoms with Crippen LogP contribution in [0.15, 0.2) is 35.1 Å². The number of rotatable bonds is 5. The molecule has 39 heavy (non-hydrogen) atoms. The second-order valence-corrected chi connectivity index (χ2v) is 10.3. The van der Waals surface area contributed by atoms with E-state index in [1.807, 2.05) is 24.9 Å². The molecule has 1 N–H and O–H groups in total. The predicted molar refractivity (Wildman–Crippen MR) is 150 cm³/mol. The minimum atomic E-state index is -0.325. The average molecular weight is 531 g/mol. The number of nitrogens with one attached hydrogen (secondary N) is 1. The molecule has 0 bridgehead atoms. The Morgan fingerprint density at radius 3 is 2.56 bits per heavy atom. The lowest BCUT2D eigenvalue weighted by atomic mass is 9.93. The molecule has 0 spiro atoms. The van der Waals surface area contributed by atoms with E-state index >= 15 is 0 Å². The summed E-state index contributed by atoms with van der Waals surface area (Å²) in [6.07, 6.45) is 6.72. The molecular formula is C30H35FN6O2. The van der Waals surface area contributed by atoms with Crippen LogP contribution in [0.3, 0.4) is 0 Å². The number of aryl methyl sites for hydroxylation is 2. The fraction of sp³-hybridized carbons (Fsp3) is 0.467. The molecule has 1 atom stereocenters. The van der Waals surface area contributed by atoms with Gasteiger partial charge in [0, 0.05) is 44.9 Å². The van der Waals surface area contributed by atoms with Crippen molar-refractivity contribution in [1.82, 2.24) is 9.55 Å². The highest BCUT2D eigenvalue weighted by Gasteiger charge is 2.26. The van der Waals surface area contributed by atoms with E-state index in [4.69, 9.17) is 10.00 Å². The summed E-state index contributed by atoms with van der Waals surface area (Å²) in [7, 11) is 3.55. The quantitative estimate of drug-likeness (QED) is 0.493. The molecule has 2 fully saturated rings. The molecule has 1 saturated carbocycles. The zero-order chi connectivity index (χ0) is 27.9. The lowest BCUT2D eigenvalue weighted by Gasteiger charge is -2.33. The number of ether oxygens (including phenoxy) is 1. The van der Waals surface area contributed by atoms with Crippen LogP contribution in [0.2, 0.25) is 0 Å². The molecule has 204 valence electrons. The molecule has 2 aliphatic rings. The first-order chi connectivity index (χ1) is 18.8. The van der Waals surface area contributed by atoms with Crippen molar-refractivity contribution in [2.24, 2.45) is 13.0 Å². The molecule has 9 heteroatoms. The van der Waals surface area contributed by atoms with Crippen LogP contribution in [0.25, 0.3) is 11.0 Å². The zero-order valence-electron chi connectivity index (χ0n) is 22.8. The van der Waals surface area contributed by atoms with Gasteiger partial charge in [0.2, 0.25) is 0 Å². The van der Waals surface area contributed by atoms with Gasteiger partial charge in [0.25, 0.3) is 5.56 Å². The molecule has 1 aliphatic heterocycles. The van der Waals surface area contributed by atoms with Gasteiger partial charge < -0.3 is 19.5 Å². The van der Waals surface area contributed by atoms with Crippen LogP contribution in [0, 0.1) is 41.3 Å². The lowest BCUT2D eigenvalue weighted by molar-refractivity contribution is 0.187. The van der Waals surface area contributed by atoms with Crippen LogP contribution in [0.1, 0.15) is 55.3 Å². The van der Waals surface area contributed by atoms with E-state index in [-0.39, 0.29) is 28.7 Å². The van der Waals surface area contributed by atoms with E-state index in [0.29, 0.717) is 22.6 Å². The minimum Gasteiger partial charge on any atom is -0.384 e. The fourth-order valence-corrected chi connectivity index (χ4v) is 5.37. The first kappa shape index (κ1) is 28.1. The number of anilines is 2. The molecule has 1 saturated heterocycles. The van der Waals surface area contributed by atoms with Crippen LogP contribution < -0.4 is 15.8 Å². The SMILES string of the molecule is CN(c1c(C#N)c(=O)n(C)c2ccc(C#N)nc12)C1CCCCC1.Cc1cc(F)ccc1NCC1CCOC1. The molecule has 2 aromatic heterocycles. The van der Waals surface area contributed by atoms with Crippen molar-refractivity contribution in [2.45, 2.75) is 51.5 Å². The molecule has 0 amide bonds. The largest absolute Gasteiger partial charge is 0.384 e. The first-order valence-corrected chi connectivity index (χ1v) is 13.5. The Morgan fingerprint density at radius 1 is 1.15 bits per heavy atom. The standard InChI is InChI=1S/C18H19N5O.C12H16FNO/c1-22(13-6-4-3-5-7-13)17-14(11-20)18(24)23(2)15-9-8-12(10-19)21-16(15)17;1-9-6-11(13)2-3-12(9)14-7-10-4-5-15-8-10/h8-9,13H,3-7H2,1-2H3;2-3,6,10,14H,4-5,7-8H2,1H3. The third-order valence-electron chi connectivity index (χ3n) is 7.71. The number of fused-ring (bicyclic) bond motifs is 1. The summed E-state index contributed by atoms with van der Waals surface area (Å²) >= 11 is 0. The summed E-state index contributed by atoms with van der Waals surface area (Å²) in [6.45, 7) is 4.53. The lowest BCUT2D eigenvalue weighted by Crippen LogP contribution is -2.36. The molecule has 0 radical (unpaired) electrons. The van der Waals surface area contributed by atoms with Crippen LogP contribution in [-0.4, -0.2) is 42.4 Å². The van der Waals surface area contributed by atoms with Crippen molar-refractivity contribution in [1.29, 1.82) is 10.5 Å². The van der Waals surface area contributed by atoms with Gasteiger partial charge in [-0.25, -0.2) is 9.37 Å². The number of nitriles is 2. The van der Waals surface area contributed by atoms with Crippen LogP contribution in [-0.2, 0) is 11.8 Å². The maximum Gasteiger partial charge on any atom is 0.270 e. The molecule has 8 nitrogen and oxygen atoms in total. The second-order valence-electron chi connectivity index (χ2n) is 10.3. The van der Waals surface area contributed by atoms with Gasteiger partial charge in [0.1, 0.15) is 34.7 Å². The number of hydrogen-bond acceptors (Lipinski definition) is 7. The number of pyridine rings is 2. The molecular weight excluding hydrogens is 495 g/mol. The Kier molecular flexibility index (Phi) is 9.16. The van der Waals surface area contributed by atoms with Crippen LogP contribution in [0.5, 0.6) is 0 Å². The topological polar surface area (TPSA) is 107 Å². The number of hydrogen-bond donors (Lipinski definition) is 1. The molecule has 1 aromatic carbocycles. The second kappa shape index (κ2) is 12.7. The molecule has 1 unspecified atom stereocenters. The maximum absolute atomic E-state index is 12.8. The smallest absolute Gasteiger partial charge is 0.270 e.